The first kappa shape index (κ1) is 7.75. The Morgan fingerprint density at radius 1 is 1.33 bits per heavy atom. The predicted molar refractivity (Wildman–Crippen MR) is 45.6 cm³/mol. The molecule has 0 amide bonds. The summed E-state index contributed by atoms with van der Waals surface area (Å²) in [5.74, 6) is 0. The summed E-state index contributed by atoms with van der Waals surface area (Å²) in [6, 6.07) is 0. The molecule has 1 fully saturated rings. The van der Waals surface area contributed by atoms with Crippen LogP contribution in [0.3, 0.4) is 0 Å². The molecule has 1 rings (SSSR count). The molecule has 0 spiro atoms. The minimum Gasteiger partial charge on any atom is -0.373 e. The zero-order valence-corrected chi connectivity index (χ0v) is 7.96. The molecule has 2 atom stereocenters. The lowest BCUT2D eigenvalue weighted by atomic mass is 10.3. The van der Waals surface area contributed by atoms with Gasteiger partial charge in [-0.3, -0.25) is 0 Å². The number of morpholine rings is 1. The van der Waals surface area contributed by atoms with Crippen LogP contribution in [0.5, 0.6) is 0 Å². The second-order valence-electron chi connectivity index (χ2n) is 2.59. The third-order valence-electron chi connectivity index (χ3n) is 1.38. The molecule has 2 nitrogen and oxygen atoms in total. The first-order chi connectivity index (χ1) is 4.18. The van der Waals surface area contributed by atoms with Crippen LogP contribution in [-0.4, -0.2) is 28.4 Å². The van der Waals surface area contributed by atoms with Gasteiger partial charge in [-0.15, -0.1) is 0 Å². The molecule has 0 saturated carbocycles. The highest BCUT2D eigenvalue weighted by atomic mass is 127. The summed E-state index contributed by atoms with van der Waals surface area (Å²) in [7, 11) is 0. The van der Waals surface area contributed by atoms with Gasteiger partial charge in [0.05, 0.1) is 12.2 Å². The maximum Gasteiger partial charge on any atom is 0.0686 e. The third-order valence-corrected chi connectivity index (χ3v) is 2.16. The third kappa shape index (κ3) is 2.39. The maximum atomic E-state index is 5.51. The summed E-state index contributed by atoms with van der Waals surface area (Å²) in [6.07, 6.45) is 0.816. The van der Waals surface area contributed by atoms with Crippen molar-refractivity contribution >= 4 is 22.9 Å². The Hall–Kier alpha value is 0.650. The van der Waals surface area contributed by atoms with Gasteiger partial charge >= 0.3 is 0 Å². The highest BCUT2D eigenvalue weighted by molar-refractivity contribution is 14.1. The van der Waals surface area contributed by atoms with Gasteiger partial charge in [0.15, 0.2) is 0 Å². The van der Waals surface area contributed by atoms with Crippen molar-refractivity contribution in [2.45, 2.75) is 26.1 Å². The largest absolute Gasteiger partial charge is 0.373 e. The van der Waals surface area contributed by atoms with Crippen molar-refractivity contribution in [1.29, 1.82) is 0 Å². The minimum atomic E-state index is 0.408. The lowest BCUT2D eigenvalue weighted by molar-refractivity contribution is -0.0367. The average Bonchev–Trinajstić information content (AvgIpc) is 1.59. The first-order valence-electron chi connectivity index (χ1n) is 3.24. The van der Waals surface area contributed by atoms with Crippen LogP contribution in [0.4, 0.5) is 0 Å². The van der Waals surface area contributed by atoms with Gasteiger partial charge in [0.2, 0.25) is 0 Å². The zero-order valence-electron chi connectivity index (χ0n) is 5.80. The van der Waals surface area contributed by atoms with Gasteiger partial charge in [-0.1, -0.05) is 0 Å². The Morgan fingerprint density at radius 2 is 1.78 bits per heavy atom. The number of hydrogen-bond acceptors (Lipinski definition) is 2. The average molecular weight is 241 g/mol. The van der Waals surface area contributed by atoms with Crippen molar-refractivity contribution in [3.63, 3.8) is 0 Å². The summed E-state index contributed by atoms with van der Waals surface area (Å²) >= 11 is 2.34. The molecule has 0 N–H and O–H groups in total. The van der Waals surface area contributed by atoms with Crippen LogP contribution in [-0.2, 0) is 4.74 Å². The Balaban J connectivity index is 2.34. The molecule has 0 aromatic carbocycles. The minimum absolute atomic E-state index is 0.408. The molecule has 0 aromatic rings. The summed E-state index contributed by atoms with van der Waals surface area (Å²) in [4.78, 5) is 0. The van der Waals surface area contributed by atoms with E-state index in [-0.39, 0.29) is 0 Å². The lowest BCUT2D eigenvalue weighted by Gasteiger charge is -2.30. The van der Waals surface area contributed by atoms with Crippen LogP contribution in [0.25, 0.3) is 0 Å². The van der Waals surface area contributed by atoms with Gasteiger partial charge in [0, 0.05) is 36.0 Å². The predicted octanol–water partition coefficient (Wildman–Crippen LogP) is 1.45. The van der Waals surface area contributed by atoms with Crippen LogP contribution in [0, 0.1) is 0 Å². The van der Waals surface area contributed by atoms with Crippen molar-refractivity contribution in [3.8, 4) is 0 Å². The Kier molecular flexibility index (Phi) is 2.73. The number of halogens is 1. The van der Waals surface area contributed by atoms with Crippen molar-refractivity contribution in [1.82, 2.24) is 3.11 Å². The standard InChI is InChI=1S/C6H12INO/c1-5-3-8(7)4-6(2)9-5/h5-6H,3-4H2,1-2H3. The Bertz CT molecular complexity index is 74.0. The molecule has 54 valence electrons. The molecule has 1 aliphatic heterocycles. The van der Waals surface area contributed by atoms with Gasteiger partial charge < -0.3 is 4.74 Å². The highest BCUT2D eigenvalue weighted by Gasteiger charge is 2.19. The normalized spacial score (nSPS) is 39.0. The van der Waals surface area contributed by atoms with E-state index in [2.05, 4.69) is 39.8 Å². The molecule has 1 aliphatic rings. The summed E-state index contributed by atoms with van der Waals surface area (Å²) in [5.41, 5.74) is 0. The molecule has 1 saturated heterocycles. The second-order valence-corrected chi connectivity index (χ2v) is 3.95. The molecule has 1 heterocycles. The van der Waals surface area contributed by atoms with E-state index in [1.165, 1.54) is 0 Å². The van der Waals surface area contributed by atoms with E-state index in [1.807, 2.05) is 0 Å². The van der Waals surface area contributed by atoms with Crippen molar-refractivity contribution in [2.75, 3.05) is 13.1 Å². The number of nitrogens with zero attached hydrogens (tertiary/aromatic N) is 1. The van der Waals surface area contributed by atoms with Crippen LogP contribution >= 0.6 is 22.9 Å². The monoisotopic (exact) mass is 241 g/mol. The van der Waals surface area contributed by atoms with Crippen molar-refractivity contribution < 1.29 is 4.74 Å². The summed E-state index contributed by atoms with van der Waals surface area (Å²) in [5, 5.41) is 0. The maximum absolute atomic E-state index is 5.51. The van der Waals surface area contributed by atoms with Crippen LogP contribution in [0.2, 0.25) is 0 Å². The molecule has 3 heteroatoms. The molecule has 9 heavy (non-hydrogen) atoms. The molecular weight excluding hydrogens is 229 g/mol. The second kappa shape index (κ2) is 3.16. The fourth-order valence-electron chi connectivity index (χ4n) is 1.12. The van der Waals surface area contributed by atoms with Crippen LogP contribution in [0.1, 0.15) is 13.8 Å². The van der Waals surface area contributed by atoms with Gasteiger partial charge in [0.1, 0.15) is 0 Å². The topological polar surface area (TPSA) is 12.5 Å². The van der Waals surface area contributed by atoms with Crippen LogP contribution < -0.4 is 0 Å². The highest BCUT2D eigenvalue weighted by Crippen LogP contribution is 2.13. The molecule has 0 radical (unpaired) electrons. The summed E-state index contributed by atoms with van der Waals surface area (Å²) in [6.45, 7) is 6.35. The lowest BCUT2D eigenvalue weighted by Crippen LogP contribution is -2.40. The smallest absolute Gasteiger partial charge is 0.0686 e. The molecule has 0 aromatic heterocycles. The van der Waals surface area contributed by atoms with E-state index in [0.717, 1.165) is 13.1 Å². The number of rotatable bonds is 0. The Morgan fingerprint density at radius 3 is 2.11 bits per heavy atom. The van der Waals surface area contributed by atoms with Crippen molar-refractivity contribution in [2.24, 2.45) is 0 Å². The molecule has 2 unspecified atom stereocenters. The fourth-order valence-corrected chi connectivity index (χ4v) is 2.22. The molecular formula is C6H12INO. The molecule has 0 bridgehead atoms. The first-order valence-corrected chi connectivity index (χ1v) is 4.21. The van der Waals surface area contributed by atoms with Gasteiger partial charge in [0.25, 0.3) is 0 Å². The SMILES string of the molecule is CC1CN(I)CC(C)O1. The van der Waals surface area contributed by atoms with E-state index in [4.69, 9.17) is 4.74 Å². The van der Waals surface area contributed by atoms with E-state index < -0.39 is 0 Å². The number of ether oxygens (including phenoxy) is 1. The quantitative estimate of drug-likeness (QED) is 0.470. The van der Waals surface area contributed by atoms with E-state index in [9.17, 15) is 0 Å². The Labute approximate surface area is 70.0 Å². The van der Waals surface area contributed by atoms with E-state index in [0.29, 0.717) is 12.2 Å². The van der Waals surface area contributed by atoms with Crippen LogP contribution in [0.15, 0.2) is 0 Å². The zero-order chi connectivity index (χ0) is 6.85. The van der Waals surface area contributed by atoms with Gasteiger partial charge in [-0.2, -0.15) is 0 Å². The molecule has 0 aliphatic carbocycles. The van der Waals surface area contributed by atoms with E-state index in [1.54, 1.807) is 0 Å². The van der Waals surface area contributed by atoms with E-state index >= 15 is 0 Å². The van der Waals surface area contributed by atoms with Crippen molar-refractivity contribution in [3.05, 3.63) is 0 Å². The summed E-state index contributed by atoms with van der Waals surface area (Å²) < 4.78 is 7.78. The fraction of sp³-hybridized carbons (Fsp3) is 1.00. The number of hydrogen-bond donors (Lipinski definition) is 0. The van der Waals surface area contributed by atoms with Gasteiger partial charge in [-0.05, 0) is 13.8 Å². The van der Waals surface area contributed by atoms with Gasteiger partial charge in [-0.25, -0.2) is 3.11 Å².